The van der Waals surface area contributed by atoms with Gasteiger partial charge < -0.3 is 5.32 Å². The number of aryl methyl sites for hydroxylation is 1. The van der Waals surface area contributed by atoms with Gasteiger partial charge in [-0.2, -0.15) is 0 Å². The molecule has 0 saturated carbocycles. The zero-order valence-electron chi connectivity index (χ0n) is 9.36. The Labute approximate surface area is 84.9 Å². The van der Waals surface area contributed by atoms with E-state index in [1.54, 1.807) is 4.68 Å². The standard InChI is InChI=1S/C9H19N5/c1-5-6-10-8(3)7(2)9-11-12-13-14(9)4/h7-8,10H,5-6H2,1-4H3. The number of aromatic nitrogens is 4. The third-order valence-corrected chi connectivity index (χ3v) is 2.53. The van der Waals surface area contributed by atoms with Crippen molar-refractivity contribution < 1.29 is 0 Å². The summed E-state index contributed by atoms with van der Waals surface area (Å²) in [5.74, 6) is 1.27. The Morgan fingerprint density at radius 1 is 1.43 bits per heavy atom. The second-order valence-corrected chi connectivity index (χ2v) is 3.69. The average Bonchev–Trinajstić information content (AvgIpc) is 2.59. The number of nitrogens with one attached hydrogen (secondary N) is 1. The van der Waals surface area contributed by atoms with Gasteiger partial charge in [0.1, 0.15) is 0 Å². The van der Waals surface area contributed by atoms with Crippen LogP contribution in [0.15, 0.2) is 0 Å². The van der Waals surface area contributed by atoms with Gasteiger partial charge in [-0.05, 0) is 30.3 Å². The van der Waals surface area contributed by atoms with Crippen molar-refractivity contribution in [1.82, 2.24) is 25.5 Å². The predicted molar refractivity (Wildman–Crippen MR) is 55.0 cm³/mol. The van der Waals surface area contributed by atoms with Crippen molar-refractivity contribution in [3.05, 3.63) is 5.82 Å². The van der Waals surface area contributed by atoms with Crippen LogP contribution in [0.5, 0.6) is 0 Å². The Morgan fingerprint density at radius 3 is 2.64 bits per heavy atom. The number of nitrogens with zero attached hydrogens (tertiary/aromatic N) is 4. The molecule has 1 rings (SSSR count). The topological polar surface area (TPSA) is 55.6 Å². The second-order valence-electron chi connectivity index (χ2n) is 3.69. The first-order valence-electron chi connectivity index (χ1n) is 5.12. The Bertz CT molecular complexity index is 270. The SMILES string of the molecule is CCCNC(C)C(C)c1nnnn1C. The van der Waals surface area contributed by atoms with Crippen LogP contribution in [0.3, 0.4) is 0 Å². The van der Waals surface area contributed by atoms with Gasteiger partial charge in [0.2, 0.25) is 0 Å². The number of hydrogen-bond acceptors (Lipinski definition) is 4. The zero-order chi connectivity index (χ0) is 10.6. The van der Waals surface area contributed by atoms with Gasteiger partial charge in [0.25, 0.3) is 0 Å². The highest BCUT2D eigenvalue weighted by molar-refractivity contribution is 4.95. The lowest BCUT2D eigenvalue weighted by Gasteiger charge is -2.19. The fraction of sp³-hybridized carbons (Fsp3) is 0.889. The Hall–Kier alpha value is -0.970. The predicted octanol–water partition coefficient (Wildman–Crippen LogP) is 0.702. The summed E-state index contributed by atoms with van der Waals surface area (Å²) in [5, 5.41) is 14.9. The summed E-state index contributed by atoms with van der Waals surface area (Å²) in [6, 6.07) is 0.402. The molecule has 0 aliphatic rings. The molecule has 0 aliphatic carbocycles. The quantitative estimate of drug-likeness (QED) is 0.755. The summed E-state index contributed by atoms with van der Waals surface area (Å²) < 4.78 is 1.73. The third-order valence-electron chi connectivity index (χ3n) is 2.53. The monoisotopic (exact) mass is 197 g/mol. The first kappa shape index (κ1) is 11.1. The molecule has 1 aromatic rings. The summed E-state index contributed by atoms with van der Waals surface area (Å²) in [6.07, 6.45) is 1.15. The van der Waals surface area contributed by atoms with Crippen molar-refractivity contribution in [3.63, 3.8) is 0 Å². The summed E-state index contributed by atoms with van der Waals surface area (Å²) in [4.78, 5) is 0. The molecule has 0 saturated heterocycles. The Kier molecular flexibility index (Phi) is 4.00. The maximum Gasteiger partial charge on any atom is 0.155 e. The van der Waals surface area contributed by atoms with Crippen molar-refractivity contribution in [2.45, 2.75) is 39.2 Å². The van der Waals surface area contributed by atoms with E-state index in [0.717, 1.165) is 18.8 Å². The molecule has 0 amide bonds. The molecule has 0 bridgehead atoms. The average molecular weight is 197 g/mol. The molecule has 80 valence electrons. The third kappa shape index (κ3) is 2.51. The molecule has 1 heterocycles. The van der Waals surface area contributed by atoms with E-state index in [-0.39, 0.29) is 0 Å². The van der Waals surface area contributed by atoms with Gasteiger partial charge in [-0.15, -0.1) is 5.10 Å². The van der Waals surface area contributed by atoms with E-state index in [1.165, 1.54) is 0 Å². The lowest BCUT2D eigenvalue weighted by atomic mass is 10.0. The first-order valence-corrected chi connectivity index (χ1v) is 5.12. The molecule has 0 fully saturated rings. The number of tetrazole rings is 1. The van der Waals surface area contributed by atoms with Gasteiger partial charge in [-0.25, -0.2) is 4.68 Å². The fourth-order valence-corrected chi connectivity index (χ4v) is 1.39. The molecule has 2 unspecified atom stereocenters. The number of rotatable bonds is 5. The summed E-state index contributed by atoms with van der Waals surface area (Å²) in [7, 11) is 1.87. The normalized spacial score (nSPS) is 15.4. The van der Waals surface area contributed by atoms with Crippen LogP contribution < -0.4 is 5.32 Å². The van der Waals surface area contributed by atoms with Crippen molar-refractivity contribution >= 4 is 0 Å². The van der Waals surface area contributed by atoms with E-state index in [9.17, 15) is 0 Å². The molecule has 0 spiro atoms. The Morgan fingerprint density at radius 2 is 2.14 bits per heavy atom. The second kappa shape index (κ2) is 5.05. The van der Waals surface area contributed by atoms with Crippen LogP contribution in [0.25, 0.3) is 0 Å². The van der Waals surface area contributed by atoms with E-state index in [2.05, 4.69) is 41.6 Å². The minimum atomic E-state index is 0.335. The van der Waals surface area contributed by atoms with E-state index in [0.29, 0.717) is 12.0 Å². The van der Waals surface area contributed by atoms with Crippen LogP contribution >= 0.6 is 0 Å². The van der Waals surface area contributed by atoms with Crippen LogP contribution in [-0.2, 0) is 7.05 Å². The highest BCUT2D eigenvalue weighted by Gasteiger charge is 2.18. The molecular weight excluding hydrogens is 178 g/mol. The van der Waals surface area contributed by atoms with Crippen LogP contribution in [0.1, 0.15) is 38.9 Å². The number of hydrogen-bond donors (Lipinski definition) is 1. The van der Waals surface area contributed by atoms with E-state index in [1.807, 2.05) is 7.05 Å². The van der Waals surface area contributed by atoms with E-state index in [4.69, 9.17) is 0 Å². The molecule has 5 nitrogen and oxygen atoms in total. The zero-order valence-corrected chi connectivity index (χ0v) is 9.36. The largest absolute Gasteiger partial charge is 0.314 e. The molecule has 5 heteroatoms. The fourth-order valence-electron chi connectivity index (χ4n) is 1.39. The molecule has 1 N–H and O–H groups in total. The van der Waals surface area contributed by atoms with Gasteiger partial charge in [0.05, 0.1) is 0 Å². The van der Waals surface area contributed by atoms with Gasteiger partial charge >= 0.3 is 0 Å². The smallest absolute Gasteiger partial charge is 0.155 e. The molecule has 14 heavy (non-hydrogen) atoms. The van der Waals surface area contributed by atoms with Crippen LogP contribution in [0.4, 0.5) is 0 Å². The highest BCUT2D eigenvalue weighted by Crippen LogP contribution is 2.14. The Balaban J connectivity index is 2.56. The van der Waals surface area contributed by atoms with Gasteiger partial charge in [-0.3, -0.25) is 0 Å². The molecule has 0 aliphatic heterocycles. The van der Waals surface area contributed by atoms with Crippen molar-refractivity contribution in [2.24, 2.45) is 7.05 Å². The highest BCUT2D eigenvalue weighted by atomic mass is 15.5. The van der Waals surface area contributed by atoms with Gasteiger partial charge in [0, 0.05) is 19.0 Å². The van der Waals surface area contributed by atoms with Crippen molar-refractivity contribution in [1.29, 1.82) is 0 Å². The lowest BCUT2D eigenvalue weighted by molar-refractivity contribution is 0.454. The molecule has 0 radical (unpaired) electrons. The van der Waals surface area contributed by atoms with Crippen molar-refractivity contribution in [2.75, 3.05) is 6.54 Å². The van der Waals surface area contributed by atoms with Gasteiger partial charge in [0.15, 0.2) is 5.82 Å². The van der Waals surface area contributed by atoms with Gasteiger partial charge in [-0.1, -0.05) is 13.8 Å². The van der Waals surface area contributed by atoms with E-state index >= 15 is 0 Å². The summed E-state index contributed by atoms with van der Waals surface area (Å²) in [6.45, 7) is 7.50. The first-order chi connectivity index (χ1) is 6.66. The maximum atomic E-state index is 4.01. The van der Waals surface area contributed by atoms with E-state index < -0.39 is 0 Å². The molecule has 0 aromatic carbocycles. The minimum Gasteiger partial charge on any atom is -0.314 e. The van der Waals surface area contributed by atoms with Crippen LogP contribution in [0, 0.1) is 0 Å². The molecule has 1 aromatic heterocycles. The maximum absolute atomic E-state index is 4.01. The summed E-state index contributed by atoms with van der Waals surface area (Å²) in [5.41, 5.74) is 0. The lowest BCUT2D eigenvalue weighted by Crippen LogP contribution is -2.32. The molecule has 2 atom stereocenters. The summed E-state index contributed by atoms with van der Waals surface area (Å²) >= 11 is 0. The minimum absolute atomic E-state index is 0.335. The van der Waals surface area contributed by atoms with Crippen molar-refractivity contribution in [3.8, 4) is 0 Å². The molecular formula is C9H19N5. The van der Waals surface area contributed by atoms with Crippen LogP contribution in [0.2, 0.25) is 0 Å². The van der Waals surface area contributed by atoms with Crippen LogP contribution in [-0.4, -0.2) is 32.8 Å².